The molecule has 0 spiro atoms. The van der Waals surface area contributed by atoms with Gasteiger partial charge < -0.3 is 14.8 Å². The van der Waals surface area contributed by atoms with Gasteiger partial charge in [-0.05, 0) is 30.4 Å². The highest BCUT2D eigenvalue weighted by Crippen LogP contribution is 2.28. The Morgan fingerprint density at radius 3 is 2.81 bits per heavy atom. The van der Waals surface area contributed by atoms with Gasteiger partial charge in [0.25, 0.3) is 0 Å². The summed E-state index contributed by atoms with van der Waals surface area (Å²) in [6.45, 7) is 3.54. The molecule has 0 amide bonds. The van der Waals surface area contributed by atoms with Crippen molar-refractivity contribution >= 4 is 22.7 Å². The third kappa shape index (κ3) is 3.28. The molecule has 4 heteroatoms. The summed E-state index contributed by atoms with van der Waals surface area (Å²) in [6.07, 6.45) is 2.67. The molecule has 2 N–H and O–H groups in total. The van der Waals surface area contributed by atoms with E-state index in [0.717, 1.165) is 48.7 Å². The lowest BCUT2D eigenvalue weighted by atomic mass is 9.96. The molecule has 2 heterocycles. The number of thioether (sulfide) groups is 1. The van der Waals surface area contributed by atoms with Gasteiger partial charge in [0, 0.05) is 30.5 Å². The van der Waals surface area contributed by atoms with Crippen LogP contribution in [-0.4, -0.2) is 28.8 Å². The molecular weight excluding hydrogens is 282 g/mol. The maximum Gasteiger partial charge on any atom is 0.134 e. The zero-order valence-corrected chi connectivity index (χ0v) is 13.3. The predicted octanol–water partition coefficient (Wildman–Crippen LogP) is 3.34. The Bertz CT molecular complexity index is 602. The van der Waals surface area contributed by atoms with Gasteiger partial charge in [0.1, 0.15) is 11.3 Å². The fourth-order valence-electron chi connectivity index (χ4n) is 2.98. The molecule has 0 aliphatic carbocycles. The largest absolute Gasteiger partial charge is 0.461 e. The van der Waals surface area contributed by atoms with E-state index in [1.54, 1.807) is 0 Å². The van der Waals surface area contributed by atoms with E-state index in [1.165, 1.54) is 10.9 Å². The van der Waals surface area contributed by atoms with Crippen LogP contribution in [0.2, 0.25) is 0 Å². The molecule has 0 unspecified atom stereocenters. The van der Waals surface area contributed by atoms with E-state index >= 15 is 0 Å². The normalized spacial score (nSPS) is 18.2. The van der Waals surface area contributed by atoms with Crippen LogP contribution >= 0.6 is 11.8 Å². The highest BCUT2D eigenvalue weighted by atomic mass is 32.2. The Morgan fingerprint density at radius 1 is 1.29 bits per heavy atom. The van der Waals surface area contributed by atoms with E-state index in [9.17, 15) is 5.11 Å². The Balaban J connectivity index is 1.70. The van der Waals surface area contributed by atoms with Crippen molar-refractivity contribution < 1.29 is 9.52 Å². The van der Waals surface area contributed by atoms with Crippen LogP contribution in [0.4, 0.5) is 0 Å². The van der Waals surface area contributed by atoms with Crippen LogP contribution in [0.5, 0.6) is 0 Å². The quantitative estimate of drug-likeness (QED) is 0.889. The Kier molecular flexibility index (Phi) is 4.57. The highest BCUT2D eigenvalue weighted by Gasteiger charge is 2.29. The number of nitrogens with one attached hydrogen (secondary N) is 1. The SMILES string of the molecule is CCc1oc2ccccc2c1CNCC1(O)CCSCC1. The molecule has 3 rings (SSSR count). The van der Waals surface area contributed by atoms with Gasteiger partial charge in [-0.15, -0.1) is 0 Å². The lowest BCUT2D eigenvalue weighted by Gasteiger charge is -2.32. The lowest BCUT2D eigenvalue weighted by molar-refractivity contribution is 0.0320. The summed E-state index contributed by atoms with van der Waals surface area (Å²) in [5.74, 6) is 3.18. The number of para-hydroxylation sites is 1. The summed E-state index contributed by atoms with van der Waals surface area (Å²) in [4.78, 5) is 0. The Morgan fingerprint density at radius 2 is 2.05 bits per heavy atom. The maximum atomic E-state index is 10.5. The molecule has 3 nitrogen and oxygen atoms in total. The van der Waals surface area contributed by atoms with E-state index in [2.05, 4.69) is 18.3 Å². The average Bonchev–Trinajstić information content (AvgIpc) is 2.86. The Hall–Kier alpha value is -0.970. The zero-order chi connectivity index (χ0) is 14.7. The molecule has 1 aromatic heterocycles. The Labute approximate surface area is 130 Å². The molecule has 2 aromatic rings. The third-order valence-corrected chi connectivity index (χ3v) is 5.27. The molecule has 0 radical (unpaired) electrons. The number of fused-ring (bicyclic) bond motifs is 1. The minimum Gasteiger partial charge on any atom is -0.461 e. The number of aryl methyl sites for hydroxylation is 1. The standard InChI is InChI=1S/C17H23NO2S/c1-2-15-14(13-5-3-4-6-16(13)20-15)11-18-12-17(19)7-9-21-10-8-17/h3-6,18-19H,2,7-12H2,1H3. The van der Waals surface area contributed by atoms with E-state index in [1.807, 2.05) is 30.0 Å². The van der Waals surface area contributed by atoms with Gasteiger partial charge in [0.15, 0.2) is 0 Å². The molecule has 0 bridgehead atoms. The van der Waals surface area contributed by atoms with Crippen LogP contribution in [-0.2, 0) is 13.0 Å². The number of benzene rings is 1. The topological polar surface area (TPSA) is 45.4 Å². The zero-order valence-electron chi connectivity index (χ0n) is 12.5. The summed E-state index contributed by atoms with van der Waals surface area (Å²) >= 11 is 1.93. The van der Waals surface area contributed by atoms with Crippen LogP contribution < -0.4 is 5.32 Å². The van der Waals surface area contributed by atoms with Crippen LogP contribution in [0.3, 0.4) is 0 Å². The molecule has 1 fully saturated rings. The van der Waals surface area contributed by atoms with E-state index in [0.29, 0.717) is 6.54 Å². The van der Waals surface area contributed by atoms with Crippen LogP contribution in [0.1, 0.15) is 31.1 Å². The number of hydrogen-bond acceptors (Lipinski definition) is 4. The van der Waals surface area contributed by atoms with Crippen molar-refractivity contribution in [2.75, 3.05) is 18.1 Å². The van der Waals surface area contributed by atoms with Gasteiger partial charge in [-0.25, -0.2) is 0 Å². The third-order valence-electron chi connectivity index (χ3n) is 4.28. The van der Waals surface area contributed by atoms with Gasteiger partial charge in [-0.2, -0.15) is 11.8 Å². The molecule has 1 saturated heterocycles. The molecule has 1 aromatic carbocycles. The summed E-state index contributed by atoms with van der Waals surface area (Å²) in [6, 6.07) is 8.18. The highest BCUT2D eigenvalue weighted by molar-refractivity contribution is 7.99. The summed E-state index contributed by atoms with van der Waals surface area (Å²) in [5.41, 5.74) is 1.66. The summed E-state index contributed by atoms with van der Waals surface area (Å²) in [5, 5.41) is 15.2. The van der Waals surface area contributed by atoms with Crippen molar-refractivity contribution in [3.63, 3.8) is 0 Å². The van der Waals surface area contributed by atoms with Crippen molar-refractivity contribution in [2.45, 2.75) is 38.3 Å². The molecular formula is C17H23NO2S. The van der Waals surface area contributed by atoms with E-state index in [4.69, 9.17) is 4.42 Å². The number of hydrogen-bond donors (Lipinski definition) is 2. The van der Waals surface area contributed by atoms with Gasteiger partial charge in [0.2, 0.25) is 0 Å². The number of furan rings is 1. The van der Waals surface area contributed by atoms with E-state index < -0.39 is 5.60 Å². The van der Waals surface area contributed by atoms with Crippen molar-refractivity contribution in [1.82, 2.24) is 5.32 Å². The predicted molar refractivity (Wildman–Crippen MR) is 88.8 cm³/mol. The first-order chi connectivity index (χ1) is 10.2. The number of aliphatic hydroxyl groups is 1. The van der Waals surface area contributed by atoms with Crippen LogP contribution in [0.15, 0.2) is 28.7 Å². The molecule has 21 heavy (non-hydrogen) atoms. The minimum atomic E-state index is -0.531. The second kappa shape index (κ2) is 6.42. The minimum absolute atomic E-state index is 0.531. The second-order valence-electron chi connectivity index (χ2n) is 5.79. The first-order valence-electron chi connectivity index (χ1n) is 7.72. The fraction of sp³-hybridized carbons (Fsp3) is 0.529. The molecule has 114 valence electrons. The van der Waals surface area contributed by atoms with Gasteiger partial charge in [-0.3, -0.25) is 0 Å². The van der Waals surface area contributed by atoms with Crippen molar-refractivity contribution in [3.8, 4) is 0 Å². The smallest absolute Gasteiger partial charge is 0.134 e. The van der Waals surface area contributed by atoms with E-state index in [-0.39, 0.29) is 0 Å². The maximum absolute atomic E-state index is 10.5. The molecule has 0 saturated carbocycles. The van der Waals surface area contributed by atoms with Crippen LogP contribution in [0.25, 0.3) is 11.0 Å². The summed E-state index contributed by atoms with van der Waals surface area (Å²) < 4.78 is 5.91. The lowest BCUT2D eigenvalue weighted by Crippen LogP contribution is -2.43. The first kappa shape index (κ1) is 14.9. The first-order valence-corrected chi connectivity index (χ1v) is 8.87. The fourth-order valence-corrected chi connectivity index (χ4v) is 4.23. The second-order valence-corrected chi connectivity index (χ2v) is 7.02. The van der Waals surface area contributed by atoms with Crippen LogP contribution in [0, 0.1) is 0 Å². The monoisotopic (exact) mass is 305 g/mol. The van der Waals surface area contributed by atoms with Gasteiger partial charge in [-0.1, -0.05) is 25.1 Å². The molecule has 1 aliphatic rings. The average molecular weight is 305 g/mol. The molecule has 1 aliphatic heterocycles. The van der Waals surface area contributed by atoms with Gasteiger partial charge in [0.05, 0.1) is 5.60 Å². The van der Waals surface area contributed by atoms with Crippen molar-refractivity contribution in [2.24, 2.45) is 0 Å². The number of rotatable bonds is 5. The van der Waals surface area contributed by atoms with Gasteiger partial charge >= 0.3 is 0 Å². The van der Waals surface area contributed by atoms with Crippen molar-refractivity contribution in [1.29, 1.82) is 0 Å². The molecule has 0 atom stereocenters. The van der Waals surface area contributed by atoms with Crippen molar-refractivity contribution in [3.05, 3.63) is 35.6 Å². The summed E-state index contributed by atoms with van der Waals surface area (Å²) in [7, 11) is 0.